The van der Waals surface area contributed by atoms with E-state index in [9.17, 15) is 0 Å². The second-order valence-electron chi connectivity index (χ2n) is 5.68. The number of benzene rings is 1. The molecule has 6 heteroatoms. The van der Waals surface area contributed by atoms with Crippen LogP contribution in [-0.2, 0) is 11.3 Å². The Hall–Kier alpha value is -1.46. The summed E-state index contributed by atoms with van der Waals surface area (Å²) in [6, 6.07) is 5.65. The number of nitrogens with zero attached hydrogens (tertiary/aromatic N) is 2. The van der Waals surface area contributed by atoms with Crippen molar-refractivity contribution in [1.29, 1.82) is 0 Å². The van der Waals surface area contributed by atoms with Gasteiger partial charge in [-0.15, -0.1) is 0 Å². The van der Waals surface area contributed by atoms with Gasteiger partial charge in [0.1, 0.15) is 5.75 Å². The number of halogens is 1. The van der Waals surface area contributed by atoms with Gasteiger partial charge < -0.3 is 19.7 Å². The summed E-state index contributed by atoms with van der Waals surface area (Å²) in [6.45, 7) is 6.30. The van der Waals surface area contributed by atoms with Gasteiger partial charge in [-0.3, -0.25) is 0 Å². The van der Waals surface area contributed by atoms with Gasteiger partial charge in [-0.05, 0) is 25.5 Å². The first-order chi connectivity index (χ1) is 11.2. The van der Waals surface area contributed by atoms with Gasteiger partial charge in [0, 0.05) is 43.2 Å². The van der Waals surface area contributed by atoms with E-state index in [-0.39, 0.29) is 0 Å². The van der Waals surface area contributed by atoms with Crippen LogP contribution < -0.4 is 10.1 Å². The normalized spacial score (nSPS) is 18.3. The highest BCUT2D eigenvalue weighted by atomic mass is 35.5. The molecule has 2 rings (SSSR count). The van der Waals surface area contributed by atoms with Gasteiger partial charge in [-0.2, -0.15) is 0 Å². The van der Waals surface area contributed by atoms with E-state index in [1.807, 2.05) is 18.2 Å². The first kappa shape index (κ1) is 17.9. The number of rotatable bonds is 6. The van der Waals surface area contributed by atoms with Crippen molar-refractivity contribution in [2.24, 2.45) is 10.9 Å². The highest BCUT2D eigenvalue weighted by Gasteiger charge is 2.24. The lowest BCUT2D eigenvalue weighted by molar-refractivity contribution is 0.157. The van der Waals surface area contributed by atoms with Crippen LogP contribution in [0, 0.1) is 5.92 Å². The Bertz CT molecular complexity index is 537. The van der Waals surface area contributed by atoms with E-state index in [4.69, 9.17) is 26.1 Å². The summed E-state index contributed by atoms with van der Waals surface area (Å²) in [6.07, 6.45) is 1.14. The minimum Gasteiger partial charge on any atom is -0.496 e. The maximum atomic E-state index is 6.01. The van der Waals surface area contributed by atoms with Crippen molar-refractivity contribution in [3.8, 4) is 5.75 Å². The number of aliphatic imine (C=N–C) groups is 1. The standard InChI is InChI=1S/C17H26ClN3O2/c1-4-19-17(21-8-7-13(11-21)12-22-2)20-10-14-5-6-15(18)9-16(14)23-3/h5-6,9,13H,4,7-8,10-12H2,1-3H3,(H,19,20). The van der Waals surface area contributed by atoms with Crippen molar-refractivity contribution < 1.29 is 9.47 Å². The molecule has 5 nitrogen and oxygen atoms in total. The lowest BCUT2D eigenvalue weighted by Gasteiger charge is -2.21. The van der Waals surface area contributed by atoms with Crippen LogP contribution in [0.4, 0.5) is 0 Å². The van der Waals surface area contributed by atoms with Crippen molar-refractivity contribution in [3.63, 3.8) is 0 Å². The predicted molar refractivity (Wildman–Crippen MR) is 94.4 cm³/mol. The fourth-order valence-corrected chi connectivity index (χ4v) is 2.99. The third-order valence-corrected chi connectivity index (χ3v) is 4.21. The SMILES string of the molecule is CCNC(=NCc1ccc(Cl)cc1OC)N1CCC(COC)C1. The van der Waals surface area contributed by atoms with E-state index in [1.165, 1.54) is 0 Å². The lowest BCUT2D eigenvalue weighted by Crippen LogP contribution is -2.40. The largest absolute Gasteiger partial charge is 0.496 e. The molecule has 1 N–H and O–H groups in total. The highest BCUT2D eigenvalue weighted by molar-refractivity contribution is 6.30. The number of ether oxygens (including phenoxy) is 2. The van der Waals surface area contributed by atoms with Crippen molar-refractivity contribution in [3.05, 3.63) is 28.8 Å². The molecule has 1 heterocycles. The number of nitrogens with one attached hydrogen (secondary N) is 1. The number of hydrogen-bond donors (Lipinski definition) is 1. The van der Waals surface area contributed by atoms with Crippen LogP contribution in [-0.4, -0.2) is 51.3 Å². The fourth-order valence-electron chi connectivity index (χ4n) is 2.83. The monoisotopic (exact) mass is 339 g/mol. The van der Waals surface area contributed by atoms with E-state index in [1.54, 1.807) is 14.2 Å². The molecule has 1 aliphatic heterocycles. The zero-order valence-corrected chi connectivity index (χ0v) is 14.9. The number of guanidine groups is 1. The predicted octanol–water partition coefficient (Wildman–Crippen LogP) is 2.78. The maximum absolute atomic E-state index is 6.01. The molecule has 0 spiro atoms. The molecule has 1 aromatic rings. The molecule has 0 bridgehead atoms. The molecule has 0 saturated carbocycles. The Labute approximate surface area is 143 Å². The van der Waals surface area contributed by atoms with Crippen molar-refractivity contribution in [2.45, 2.75) is 19.9 Å². The Balaban J connectivity index is 2.07. The zero-order valence-electron chi connectivity index (χ0n) is 14.1. The summed E-state index contributed by atoms with van der Waals surface area (Å²) in [7, 11) is 3.41. The fraction of sp³-hybridized carbons (Fsp3) is 0.588. The summed E-state index contributed by atoms with van der Waals surface area (Å²) >= 11 is 6.01. The van der Waals surface area contributed by atoms with Gasteiger partial charge in [0.15, 0.2) is 5.96 Å². The second kappa shape index (κ2) is 8.99. The van der Waals surface area contributed by atoms with Gasteiger partial charge in [-0.1, -0.05) is 17.7 Å². The summed E-state index contributed by atoms with van der Waals surface area (Å²) in [5.41, 5.74) is 1.03. The summed E-state index contributed by atoms with van der Waals surface area (Å²) in [5.74, 6) is 2.30. The van der Waals surface area contributed by atoms with Crippen molar-refractivity contribution in [1.82, 2.24) is 10.2 Å². The Morgan fingerprint density at radius 3 is 2.96 bits per heavy atom. The quantitative estimate of drug-likeness (QED) is 0.639. The third kappa shape index (κ3) is 5.01. The first-order valence-electron chi connectivity index (χ1n) is 8.02. The van der Waals surface area contributed by atoms with Gasteiger partial charge in [0.05, 0.1) is 20.3 Å². The van der Waals surface area contributed by atoms with Crippen LogP contribution in [0.5, 0.6) is 5.75 Å². The third-order valence-electron chi connectivity index (χ3n) is 3.97. The van der Waals surface area contributed by atoms with Gasteiger partial charge in [0.25, 0.3) is 0 Å². The van der Waals surface area contributed by atoms with Crippen molar-refractivity contribution >= 4 is 17.6 Å². The Morgan fingerprint density at radius 1 is 1.43 bits per heavy atom. The van der Waals surface area contributed by atoms with Crippen LogP contribution in [0.25, 0.3) is 0 Å². The summed E-state index contributed by atoms with van der Waals surface area (Å²) in [4.78, 5) is 7.07. The molecule has 1 aliphatic rings. The van der Waals surface area contributed by atoms with Crippen molar-refractivity contribution in [2.75, 3.05) is 40.5 Å². The van der Waals surface area contributed by atoms with Crippen LogP contribution in [0.1, 0.15) is 18.9 Å². The minimum absolute atomic E-state index is 0.564. The second-order valence-corrected chi connectivity index (χ2v) is 6.12. The molecule has 1 atom stereocenters. The molecular weight excluding hydrogens is 314 g/mol. The molecular formula is C17H26ClN3O2. The number of likely N-dealkylation sites (tertiary alicyclic amines) is 1. The highest BCUT2D eigenvalue weighted by Crippen LogP contribution is 2.24. The molecule has 0 aliphatic carbocycles. The van der Waals surface area contributed by atoms with E-state index < -0.39 is 0 Å². The van der Waals surface area contributed by atoms with Gasteiger partial charge in [0.2, 0.25) is 0 Å². The molecule has 1 saturated heterocycles. The summed E-state index contributed by atoms with van der Waals surface area (Å²) in [5, 5.41) is 4.04. The van der Waals surface area contributed by atoms with E-state index >= 15 is 0 Å². The minimum atomic E-state index is 0.564. The van der Waals surface area contributed by atoms with Crippen LogP contribution in [0.15, 0.2) is 23.2 Å². The molecule has 0 radical (unpaired) electrons. The Morgan fingerprint density at radius 2 is 2.26 bits per heavy atom. The number of methoxy groups -OCH3 is 2. The average molecular weight is 340 g/mol. The Kier molecular flexibility index (Phi) is 6.99. The molecule has 128 valence electrons. The molecule has 0 amide bonds. The molecule has 1 unspecified atom stereocenters. The van der Waals surface area contributed by atoms with Gasteiger partial charge >= 0.3 is 0 Å². The van der Waals surface area contributed by atoms with Gasteiger partial charge in [-0.25, -0.2) is 4.99 Å². The van der Waals surface area contributed by atoms with E-state index in [2.05, 4.69) is 17.1 Å². The maximum Gasteiger partial charge on any atom is 0.194 e. The molecule has 1 aromatic carbocycles. The van der Waals surface area contributed by atoms with E-state index in [0.717, 1.165) is 49.9 Å². The zero-order chi connectivity index (χ0) is 16.7. The lowest BCUT2D eigenvalue weighted by atomic mass is 10.1. The van der Waals surface area contributed by atoms with Crippen LogP contribution >= 0.6 is 11.6 Å². The first-order valence-corrected chi connectivity index (χ1v) is 8.40. The smallest absolute Gasteiger partial charge is 0.194 e. The van der Waals surface area contributed by atoms with Crippen LogP contribution in [0.3, 0.4) is 0 Å². The van der Waals surface area contributed by atoms with E-state index in [0.29, 0.717) is 17.5 Å². The average Bonchev–Trinajstić information content (AvgIpc) is 3.01. The molecule has 0 aromatic heterocycles. The topological polar surface area (TPSA) is 46.1 Å². The summed E-state index contributed by atoms with van der Waals surface area (Å²) < 4.78 is 10.7. The molecule has 23 heavy (non-hydrogen) atoms. The molecule has 1 fully saturated rings. The number of hydrogen-bond acceptors (Lipinski definition) is 3. The van der Waals surface area contributed by atoms with Crippen LogP contribution in [0.2, 0.25) is 5.02 Å².